The number of carbonyl (C=O) groups is 1. The Kier molecular flexibility index (Phi) is 5.65. The van der Waals surface area contributed by atoms with Gasteiger partial charge in [0.25, 0.3) is 5.56 Å². The Hall–Kier alpha value is -3.94. The number of aromatic hydroxyl groups is 1. The van der Waals surface area contributed by atoms with Crippen LogP contribution in [0.4, 0.5) is 0 Å². The number of aryl methyl sites for hydroxylation is 2. The lowest BCUT2D eigenvalue weighted by molar-refractivity contribution is -0.135. The fraction of sp³-hybridized carbons (Fsp3) is 0.308. The Bertz CT molecular complexity index is 1290. The highest BCUT2D eigenvalue weighted by molar-refractivity contribution is 5.78. The van der Waals surface area contributed by atoms with E-state index >= 15 is 0 Å². The quantitative estimate of drug-likeness (QED) is 0.580. The van der Waals surface area contributed by atoms with Gasteiger partial charge in [0.05, 0.1) is 19.1 Å². The number of ether oxygens (including phenoxy) is 4. The van der Waals surface area contributed by atoms with Crippen LogP contribution >= 0.6 is 0 Å². The predicted molar refractivity (Wildman–Crippen MR) is 123 cm³/mol. The molecule has 5 rings (SSSR count). The summed E-state index contributed by atoms with van der Waals surface area (Å²) in [5.41, 5.74) is 2.68. The molecule has 34 heavy (non-hydrogen) atoms. The summed E-state index contributed by atoms with van der Waals surface area (Å²) in [6, 6.07) is 12.3. The van der Waals surface area contributed by atoms with Crippen LogP contribution in [0, 0.1) is 6.92 Å². The van der Waals surface area contributed by atoms with Crippen LogP contribution in [0.3, 0.4) is 0 Å². The summed E-state index contributed by atoms with van der Waals surface area (Å²) in [6.07, 6.45) is 0.647. The van der Waals surface area contributed by atoms with Crippen molar-refractivity contribution in [2.75, 3.05) is 20.3 Å². The van der Waals surface area contributed by atoms with E-state index in [9.17, 15) is 14.7 Å². The molecule has 0 saturated heterocycles. The molecule has 1 atom stereocenters. The molecule has 0 fully saturated rings. The van der Waals surface area contributed by atoms with Crippen molar-refractivity contribution < 1.29 is 28.8 Å². The molecule has 0 radical (unpaired) electrons. The number of fused-ring (bicyclic) bond motifs is 2. The molecule has 8 nitrogen and oxygen atoms in total. The highest BCUT2D eigenvalue weighted by Crippen LogP contribution is 2.45. The lowest BCUT2D eigenvalue weighted by Gasteiger charge is -2.28. The standard InChI is InChI=1S/C26H25NO7/c1-15-11-20-24(26(30)27(15)8-7-16-3-5-18(28)6-4-16)19(14-23(29)34-20)17-12-21(31-2)25-22(13-17)32-9-10-33-25/h3-6,11-13,19,28H,7-10,14H2,1-2H3/t19-/m1/s1. The van der Waals surface area contributed by atoms with E-state index in [4.69, 9.17) is 18.9 Å². The number of benzene rings is 2. The average Bonchev–Trinajstić information content (AvgIpc) is 2.83. The highest BCUT2D eigenvalue weighted by atomic mass is 16.6. The molecule has 8 heteroatoms. The summed E-state index contributed by atoms with van der Waals surface area (Å²) in [5, 5.41) is 9.51. The minimum Gasteiger partial charge on any atom is -0.508 e. The number of hydrogen-bond acceptors (Lipinski definition) is 7. The maximum absolute atomic E-state index is 13.7. The first-order chi connectivity index (χ1) is 16.4. The smallest absolute Gasteiger partial charge is 0.312 e. The first kappa shape index (κ1) is 21.9. The van der Waals surface area contributed by atoms with Crippen molar-refractivity contribution in [3.8, 4) is 28.7 Å². The fourth-order valence-corrected chi connectivity index (χ4v) is 4.56. The highest BCUT2D eigenvalue weighted by Gasteiger charge is 2.34. The molecule has 0 spiro atoms. The Morgan fingerprint density at radius 2 is 1.82 bits per heavy atom. The SMILES string of the molecule is COc1cc([C@H]2CC(=O)Oc3cc(C)n(CCc4ccc(O)cc4)c(=O)c32)cc2c1OCCO2. The summed E-state index contributed by atoms with van der Waals surface area (Å²) in [4.78, 5) is 26.1. The Balaban J connectivity index is 1.56. The molecule has 0 bridgehead atoms. The number of phenolic OH excluding ortho intramolecular Hbond substituents is 1. The number of phenols is 1. The van der Waals surface area contributed by atoms with Gasteiger partial charge in [-0.2, -0.15) is 0 Å². The van der Waals surface area contributed by atoms with Crippen LogP contribution in [-0.2, 0) is 17.8 Å². The second-order valence-electron chi connectivity index (χ2n) is 8.42. The van der Waals surface area contributed by atoms with Gasteiger partial charge in [-0.3, -0.25) is 9.59 Å². The van der Waals surface area contributed by atoms with Crippen molar-refractivity contribution in [1.82, 2.24) is 4.57 Å². The van der Waals surface area contributed by atoms with Crippen LogP contribution in [0.15, 0.2) is 47.3 Å². The van der Waals surface area contributed by atoms with E-state index in [2.05, 4.69) is 0 Å². The van der Waals surface area contributed by atoms with Gasteiger partial charge in [0.15, 0.2) is 11.5 Å². The van der Waals surface area contributed by atoms with Crippen molar-refractivity contribution in [2.45, 2.75) is 32.2 Å². The zero-order valence-corrected chi connectivity index (χ0v) is 19.0. The molecule has 0 aliphatic carbocycles. The van der Waals surface area contributed by atoms with Crippen molar-refractivity contribution in [1.29, 1.82) is 0 Å². The van der Waals surface area contributed by atoms with Gasteiger partial charge >= 0.3 is 5.97 Å². The van der Waals surface area contributed by atoms with Crippen LogP contribution in [-0.4, -0.2) is 36.0 Å². The molecule has 1 aromatic heterocycles. The zero-order chi connectivity index (χ0) is 23.8. The summed E-state index contributed by atoms with van der Waals surface area (Å²) in [5.74, 6) is 1.13. The van der Waals surface area contributed by atoms with Gasteiger partial charge in [-0.25, -0.2) is 0 Å². The molecule has 2 aliphatic rings. The number of nitrogens with zero attached hydrogens (tertiary/aromatic N) is 1. The van der Waals surface area contributed by atoms with Crippen molar-refractivity contribution >= 4 is 5.97 Å². The number of rotatable bonds is 5. The predicted octanol–water partition coefficient (Wildman–Crippen LogP) is 3.33. The summed E-state index contributed by atoms with van der Waals surface area (Å²) in [7, 11) is 1.54. The molecule has 0 amide bonds. The van der Waals surface area contributed by atoms with Gasteiger partial charge in [0.1, 0.15) is 24.7 Å². The molecule has 2 aliphatic heterocycles. The molecular formula is C26H25NO7. The summed E-state index contributed by atoms with van der Waals surface area (Å²) >= 11 is 0. The molecular weight excluding hydrogens is 438 g/mol. The van der Waals surface area contributed by atoms with E-state index in [0.29, 0.717) is 60.4 Å². The maximum Gasteiger partial charge on any atom is 0.312 e. The third kappa shape index (κ3) is 3.96. The van der Waals surface area contributed by atoms with E-state index in [-0.39, 0.29) is 17.7 Å². The van der Waals surface area contributed by atoms with E-state index in [0.717, 1.165) is 11.1 Å². The second kappa shape index (κ2) is 8.78. The minimum atomic E-state index is -0.506. The van der Waals surface area contributed by atoms with Gasteiger partial charge in [-0.05, 0) is 48.7 Å². The van der Waals surface area contributed by atoms with Crippen molar-refractivity contribution in [3.05, 3.63) is 75.2 Å². The first-order valence-electron chi connectivity index (χ1n) is 11.1. The Morgan fingerprint density at radius 1 is 1.06 bits per heavy atom. The molecule has 3 heterocycles. The van der Waals surface area contributed by atoms with Gasteiger partial charge < -0.3 is 28.6 Å². The normalized spacial score (nSPS) is 16.5. The molecule has 3 aromatic rings. The molecule has 0 saturated carbocycles. The second-order valence-corrected chi connectivity index (χ2v) is 8.42. The Labute approximate surface area is 196 Å². The van der Waals surface area contributed by atoms with Crippen molar-refractivity contribution in [3.63, 3.8) is 0 Å². The van der Waals surface area contributed by atoms with E-state index in [1.165, 1.54) is 0 Å². The van der Waals surface area contributed by atoms with Gasteiger partial charge in [0.2, 0.25) is 5.75 Å². The van der Waals surface area contributed by atoms with Crippen LogP contribution in [0.2, 0.25) is 0 Å². The van der Waals surface area contributed by atoms with E-state index in [1.54, 1.807) is 35.9 Å². The van der Waals surface area contributed by atoms with Gasteiger partial charge in [0, 0.05) is 24.2 Å². The number of carbonyl (C=O) groups excluding carboxylic acids is 1. The maximum atomic E-state index is 13.7. The topological polar surface area (TPSA) is 96.2 Å². The van der Waals surface area contributed by atoms with E-state index in [1.807, 2.05) is 25.1 Å². The molecule has 1 N–H and O–H groups in total. The average molecular weight is 463 g/mol. The first-order valence-corrected chi connectivity index (χ1v) is 11.1. The number of hydrogen-bond donors (Lipinski definition) is 1. The Morgan fingerprint density at radius 3 is 2.59 bits per heavy atom. The fourth-order valence-electron chi connectivity index (χ4n) is 4.56. The lowest BCUT2D eigenvalue weighted by atomic mass is 9.86. The van der Waals surface area contributed by atoms with Gasteiger partial charge in [-0.15, -0.1) is 0 Å². The van der Waals surface area contributed by atoms with Crippen LogP contribution in [0.5, 0.6) is 28.7 Å². The third-order valence-corrected chi connectivity index (χ3v) is 6.26. The van der Waals surface area contributed by atoms with Crippen LogP contribution < -0.4 is 24.5 Å². The minimum absolute atomic E-state index is 0.0338. The number of aromatic nitrogens is 1. The number of methoxy groups -OCH3 is 1. The monoisotopic (exact) mass is 463 g/mol. The molecule has 176 valence electrons. The third-order valence-electron chi connectivity index (χ3n) is 6.26. The van der Waals surface area contributed by atoms with Crippen LogP contribution in [0.25, 0.3) is 0 Å². The van der Waals surface area contributed by atoms with Crippen molar-refractivity contribution in [2.24, 2.45) is 0 Å². The lowest BCUT2D eigenvalue weighted by Crippen LogP contribution is -2.33. The van der Waals surface area contributed by atoms with E-state index < -0.39 is 11.9 Å². The molecule has 0 unspecified atom stereocenters. The number of esters is 1. The van der Waals surface area contributed by atoms with Crippen LogP contribution in [0.1, 0.15) is 34.7 Å². The number of pyridine rings is 1. The largest absolute Gasteiger partial charge is 0.508 e. The summed E-state index contributed by atoms with van der Waals surface area (Å²) < 4.78 is 24.1. The summed E-state index contributed by atoms with van der Waals surface area (Å²) in [6.45, 7) is 3.11. The molecule has 2 aromatic carbocycles. The zero-order valence-electron chi connectivity index (χ0n) is 19.0. The van der Waals surface area contributed by atoms with Gasteiger partial charge in [-0.1, -0.05) is 12.1 Å².